The van der Waals surface area contributed by atoms with Crippen LogP contribution in [-0.2, 0) is 0 Å². The molecule has 84 valence electrons. The second kappa shape index (κ2) is 5.16. The molecule has 0 saturated heterocycles. The van der Waals surface area contributed by atoms with Crippen molar-refractivity contribution in [3.8, 4) is 0 Å². The van der Waals surface area contributed by atoms with Crippen molar-refractivity contribution in [2.45, 2.75) is 25.2 Å². The molecule has 1 aromatic rings. The van der Waals surface area contributed by atoms with Crippen molar-refractivity contribution in [3.05, 3.63) is 61.2 Å². The van der Waals surface area contributed by atoms with Crippen LogP contribution in [0, 0.1) is 11.8 Å². The molecule has 1 aliphatic rings. The molecule has 0 heterocycles. The van der Waals surface area contributed by atoms with Crippen molar-refractivity contribution in [2.75, 3.05) is 0 Å². The normalized spacial score (nSPS) is 29.6. The molecule has 0 amide bonds. The fraction of sp³-hybridized carbons (Fsp3) is 0.375. The second-order valence-corrected chi connectivity index (χ2v) is 4.72. The highest BCUT2D eigenvalue weighted by atomic mass is 14.3. The molecule has 2 rings (SSSR count). The Morgan fingerprint density at radius 3 is 2.25 bits per heavy atom. The average molecular weight is 212 g/mol. The first-order valence-corrected chi connectivity index (χ1v) is 6.15. The zero-order chi connectivity index (χ0) is 11.4. The molecule has 3 unspecified atom stereocenters. The Morgan fingerprint density at radius 1 is 0.938 bits per heavy atom. The molecule has 0 aromatic heterocycles. The van der Waals surface area contributed by atoms with Gasteiger partial charge < -0.3 is 0 Å². The minimum absolute atomic E-state index is 0.608. The van der Waals surface area contributed by atoms with E-state index in [0.29, 0.717) is 17.8 Å². The van der Waals surface area contributed by atoms with Gasteiger partial charge in [-0.2, -0.15) is 0 Å². The van der Waals surface area contributed by atoms with Crippen LogP contribution in [0.3, 0.4) is 0 Å². The quantitative estimate of drug-likeness (QED) is 0.644. The highest BCUT2D eigenvalue weighted by molar-refractivity contribution is 5.21. The van der Waals surface area contributed by atoms with E-state index < -0.39 is 0 Å². The molecule has 0 radical (unpaired) electrons. The molecule has 0 aliphatic heterocycles. The summed E-state index contributed by atoms with van der Waals surface area (Å²) in [7, 11) is 0. The van der Waals surface area contributed by atoms with Gasteiger partial charge >= 0.3 is 0 Å². The van der Waals surface area contributed by atoms with Crippen molar-refractivity contribution in [1.29, 1.82) is 0 Å². The molecule has 0 nitrogen and oxygen atoms in total. The highest BCUT2D eigenvalue weighted by Gasteiger charge is 2.27. The van der Waals surface area contributed by atoms with Crippen molar-refractivity contribution in [1.82, 2.24) is 0 Å². The molecule has 0 bridgehead atoms. The van der Waals surface area contributed by atoms with E-state index in [0.717, 1.165) is 0 Å². The number of hydrogen-bond acceptors (Lipinski definition) is 0. The SMILES string of the molecule is C=CC1CCC(c2ccccc2)CC1C=C. The minimum Gasteiger partial charge on any atom is -0.103 e. The van der Waals surface area contributed by atoms with Crippen LogP contribution in [0.15, 0.2) is 55.6 Å². The van der Waals surface area contributed by atoms with Gasteiger partial charge in [0.25, 0.3) is 0 Å². The second-order valence-electron chi connectivity index (χ2n) is 4.72. The summed E-state index contributed by atoms with van der Waals surface area (Å²) in [6.07, 6.45) is 7.98. The Bertz CT molecular complexity index is 350. The monoisotopic (exact) mass is 212 g/mol. The molecule has 1 aliphatic carbocycles. The summed E-state index contributed by atoms with van der Waals surface area (Å²) >= 11 is 0. The molecular weight excluding hydrogens is 192 g/mol. The van der Waals surface area contributed by atoms with Crippen molar-refractivity contribution >= 4 is 0 Å². The molecule has 1 aromatic carbocycles. The molecule has 16 heavy (non-hydrogen) atoms. The highest BCUT2D eigenvalue weighted by Crippen LogP contribution is 2.40. The lowest BCUT2D eigenvalue weighted by Crippen LogP contribution is -2.20. The maximum atomic E-state index is 3.96. The fourth-order valence-corrected chi connectivity index (χ4v) is 2.82. The largest absolute Gasteiger partial charge is 0.103 e. The average Bonchev–Trinajstić information content (AvgIpc) is 2.39. The van der Waals surface area contributed by atoms with E-state index in [1.165, 1.54) is 24.8 Å². The van der Waals surface area contributed by atoms with Crippen LogP contribution in [0.1, 0.15) is 30.7 Å². The van der Waals surface area contributed by atoms with Crippen molar-refractivity contribution < 1.29 is 0 Å². The van der Waals surface area contributed by atoms with Crippen molar-refractivity contribution in [2.24, 2.45) is 11.8 Å². The Morgan fingerprint density at radius 2 is 1.62 bits per heavy atom. The summed E-state index contributed by atoms with van der Waals surface area (Å²) < 4.78 is 0. The standard InChI is InChI=1S/C16H20/c1-3-13-10-11-16(12-14(13)4-2)15-8-6-5-7-9-15/h3-9,13-14,16H,1-2,10-12H2. The minimum atomic E-state index is 0.608. The van der Waals surface area contributed by atoms with E-state index in [9.17, 15) is 0 Å². The Labute approximate surface area is 98.7 Å². The van der Waals surface area contributed by atoms with E-state index in [4.69, 9.17) is 0 Å². The zero-order valence-electron chi connectivity index (χ0n) is 9.81. The third-order valence-electron chi connectivity index (χ3n) is 3.83. The lowest BCUT2D eigenvalue weighted by molar-refractivity contribution is 0.304. The van der Waals surface area contributed by atoms with Crippen LogP contribution in [0.5, 0.6) is 0 Å². The Hall–Kier alpha value is -1.30. The van der Waals surface area contributed by atoms with E-state index in [1.807, 2.05) is 0 Å². The molecule has 1 saturated carbocycles. The molecule has 0 N–H and O–H groups in total. The van der Waals surface area contributed by atoms with Crippen LogP contribution in [0.25, 0.3) is 0 Å². The number of hydrogen-bond donors (Lipinski definition) is 0. The number of benzene rings is 1. The lowest BCUT2D eigenvalue weighted by Gasteiger charge is -2.33. The van der Waals surface area contributed by atoms with E-state index in [2.05, 4.69) is 55.6 Å². The van der Waals surface area contributed by atoms with Gasteiger partial charge in [-0.25, -0.2) is 0 Å². The summed E-state index contributed by atoms with van der Waals surface area (Å²) in [5, 5.41) is 0. The van der Waals surface area contributed by atoms with E-state index >= 15 is 0 Å². The Kier molecular flexibility index (Phi) is 3.61. The van der Waals surface area contributed by atoms with Crippen LogP contribution in [0.4, 0.5) is 0 Å². The molecule has 0 heteroatoms. The van der Waals surface area contributed by atoms with Crippen LogP contribution in [0.2, 0.25) is 0 Å². The van der Waals surface area contributed by atoms with Crippen LogP contribution >= 0.6 is 0 Å². The summed E-state index contributed by atoms with van der Waals surface area (Å²) in [6, 6.07) is 10.9. The van der Waals surface area contributed by atoms with Gasteiger partial charge in [-0.1, -0.05) is 42.5 Å². The first-order valence-electron chi connectivity index (χ1n) is 6.15. The number of allylic oxidation sites excluding steroid dienone is 2. The van der Waals surface area contributed by atoms with E-state index in [1.54, 1.807) is 0 Å². The predicted molar refractivity (Wildman–Crippen MR) is 70.4 cm³/mol. The summed E-state index contributed by atoms with van der Waals surface area (Å²) in [6.45, 7) is 7.90. The van der Waals surface area contributed by atoms with Gasteiger partial charge in [-0.15, -0.1) is 13.2 Å². The van der Waals surface area contributed by atoms with Crippen LogP contribution in [-0.4, -0.2) is 0 Å². The summed E-state index contributed by atoms with van der Waals surface area (Å²) in [4.78, 5) is 0. The van der Waals surface area contributed by atoms with Gasteiger partial charge in [0.1, 0.15) is 0 Å². The summed E-state index contributed by atoms with van der Waals surface area (Å²) in [5.41, 5.74) is 1.48. The van der Waals surface area contributed by atoms with Gasteiger partial charge in [-0.3, -0.25) is 0 Å². The number of rotatable bonds is 3. The predicted octanol–water partition coefficient (Wildman–Crippen LogP) is 4.56. The smallest absolute Gasteiger partial charge is 0.0156 e. The van der Waals surface area contributed by atoms with Gasteiger partial charge in [0.15, 0.2) is 0 Å². The maximum Gasteiger partial charge on any atom is -0.0156 e. The van der Waals surface area contributed by atoms with Crippen LogP contribution < -0.4 is 0 Å². The van der Waals surface area contributed by atoms with Crippen molar-refractivity contribution in [3.63, 3.8) is 0 Å². The topological polar surface area (TPSA) is 0 Å². The van der Waals surface area contributed by atoms with Gasteiger partial charge in [0.2, 0.25) is 0 Å². The zero-order valence-corrected chi connectivity index (χ0v) is 9.81. The Balaban J connectivity index is 2.10. The molecular formula is C16H20. The summed E-state index contributed by atoms with van der Waals surface area (Å²) in [5.74, 6) is 1.95. The van der Waals surface area contributed by atoms with Gasteiger partial charge in [0, 0.05) is 0 Å². The lowest BCUT2D eigenvalue weighted by atomic mass is 9.72. The maximum absolute atomic E-state index is 3.96. The van der Waals surface area contributed by atoms with Gasteiger partial charge in [-0.05, 0) is 42.6 Å². The third-order valence-corrected chi connectivity index (χ3v) is 3.83. The first-order chi connectivity index (χ1) is 7.85. The molecule has 3 atom stereocenters. The third kappa shape index (κ3) is 2.27. The fourth-order valence-electron chi connectivity index (χ4n) is 2.82. The molecule has 1 fully saturated rings. The first kappa shape index (κ1) is 11.2. The molecule has 0 spiro atoms. The van der Waals surface area contributed by atoms with Gasteiger partial charge in [0.05, 0.1) is 0 Å². The van der Waals surface area contributed by atoms with E-state index in [-0.39, 0.29) is 0 Å².